The Bertz CT molecular complexity index is 305. The maximum absolute atomic E-state index is 11.0. The summed E-state index contributed by atoms with van der Waals surface area (Å²) < 4.78 is 11.0. The lowest BCUT2D eigenvalue weighted by molar-refractivity contribution is 0.482. The molecule has 0 bridgehead atoms. The number of hydrogen-bond acceptors (Lipinski definition) is 3. The molecule has 0 saturated carbocycles. The predicted molar refractivity (Wildman–Crippen MR) is 58.4 cm³/mol. The van der Waals surface area contributed by atoms with Gasteiger partial charge in [-0.1, -0.05) is 25.1 Å². The summed E-state index contributed by atoms with van der Waals surface area (Å²) in [5, 5.41) is 1.36. The highest BCUT2D eigenvalue weighted by Gasteiger charge is 2.18. The Morgan fingerprint density at radius 3 is 2.50 bits per heavy atom. The summed E-state index contributed by atoms with van der Waals surface area (Å²) in [5.74, 6) is 5.27. The molecule has 0 aliphatic carbocycles. The third-order valence-electron chi connectivity index (χ3n) is 2.06. The van der Waals surface area contributed by atoms with E-state index in [2.05, 4.69) is 0 Å². The van der Waals surface area contributed by atoms with Crippen LogP contribution in [0.25, 0.3) is 0 Å². The van der Waals surface area contributed by atoms with E-state index in [1.54, 1.807) is 0 Å². The van der Waals surface area contributed by atoms with Crippen molar-refractivity contribution in [2.24, 2.45) is 5.84 Å². The molecule has 78 valence electrons. The van der Waals surface area contributed by atoms with Gasteiger partial charge in [0.2, 0.25) is 8.03 Å². The zero-order valence-electron chi connectivity index (χ0n) is 8.05. The molecular weight excluding hydrogens is 199 g/mol. The van der Waals surface area contributed by atoms with Gasteiger partial charge in [-0.25, -0.2) is 5.84 Å². The molecule has 0 spiro atoms. The molecule has 1 aromatic rings. The molecule has 0 heterocycles. The first kappa shape index (κ1) is 11.2. The van der Waals surface area contributed by atoms with Crippen molar-refractivity contribution in [1.29, 1.82) is 0 Å². The van der Waals surface area contributed by atoms with E-state index in [-0.39, 0.29) is 0 Å². The highest BCUT2D eigenvalue weighted by Crippen LogP contribution is 2.29. The minimum atomic E-state index is -2.62. The predicted octanol–water partition coefficient (Wildman–Crippen LogP) is 1.57. The highest BCUT2D eigenvalue weighted by molar-refractivity contribution is 7.39. The first-order valence-electron chi connectivity index (χ1n) is 4.48. The Labute approximate surface area is 84.2 Å². The fraction of sp³-hybridized carbons (Fsp3) is 0.333. The van der Waals surface area contributed by atoms with Crippen LogP contribution in [0.1, 0.15) is 13.3 Å². The van der Waals surface area contributed by atoms with Crippen LogP contribution in [0, 0.1) is 0 Å². The minimum Gasteiger partial charge on any atom is -0.345 e. The molecule has 2 atom stereocenters. The van der Waals surface area contributed by atoms with E-state index in [1.165, 1.54) is 5.01 Å². The van der Waals surface area contributed by atoms with Gasteiger partial charge in [0.05, 0.1) is 5.69 Å². The molecule has 5 heteroatoms. The van der Waals surface area contributed by atoms with Crippen LogP contribution in [0.4, 0.5) is 5.69 Å². The van der Waals surface area contributed by atoms with E-state index in [0.29, 0.717) is 6.42 Å². The Morgan fingerprint density at radius 2 is 2.07 bits per heavy atom. The molecule has 0 aliphatic rings. The van der Waals surface area contributed by atoms with E-state index in [1.807, 2.05) is 37.3 Å². The smallest absolute Gasteiger partial charge is 0.212 e. The summed E-state index contributed by atoms with van der Waals surface area (Å²) in [7, 11) is -2.62. The van der Waals surface area contributed by atoms with Crippen LogP contribution in [-0.2, 0) is 4.57 Å². The van der Waals surface area contributed by atoms with Crippen molar-refractivity contribution in [2.45, 2.75) is 19.1 Å². The fourth-order valence-electron chi connectivity index (χ4n) is 1.27. The van der Waals surface area contributed by atoms with Gasteiger partial charge in [0.25, 0.3) is 0 Å². The summed E-state index contributed by atoms with van der Waals surface area (Å²) >= 11 is 0. The first-order valence-corrected chi connectivity index (χ1v) is 5.92. The number of benzene rings is 1. The maximum atomic E-state index is 11.0. The monoisotopic (exact) mass is 214 g/mol. The number of anilines is 1. The second-order valence-corrected chi connectivity index (χ2v) is 4.35. The standard InChI is InChI=1S/C9H15N2O2P/c1-2-9(14(12)13)11(10)8-6-4-3-5-7-8/h3-7,9,14H,2,10H2,1H3,(H,12,13). The Balaban J connectivity index is 2.83. The molecule has 2 unspecified atom stereocenters. The van der Waals surface area contributed by atoms with E-state index in [0.717, 1.165) is 5.69 Å². The van der Waals surface area contributed by atoms with Crippen molar-refractivity contribution in [3.05, 3.63) is 30.3 Å². The normalized spacial score (nSPS) is 14.8. The molecule has 0 aromatic heterocycles. The van der Waals surface area contributed by atoms with Crippen LogP contribution in [0.5, 0.6) is 0 Å². The molecule has 1 aromatic carbocycles. The van der Waals surface area contributed by atoms with Crippen molar-refractivity contribution < 1.29 is 9.46 Å². The van der Waals surface area contributed by atoms with Gasteiger partial charge < -0.3 is 4.89 Å². The first-order chi connectivity index (χ1) is 6.66. The Hall–Kier alpha value is -0.830. The molecule has 0 radical (unpaired) electrons. The lowest BCUT2D eigenvalue weighted by Crippen LogP contribution is -2.38. The number of rotatable bonds is 4. The Kier molecular flexibility index (Phi) is 4.14. The molecule has 3 N–H and O–H groups in total. The van der Waals surface area contributed by atoms with Crippen molar-refractivity contribution in [3.8, 4) is 0 Å². The SMILES string of the molecule is CCC(N(N)c1ccccc1)[PH](=O)O. The van der Waals surface area contributed by atoms with E-state index >= 15 is 0 Å². The molecule has 4 nitrogen and oxygen atoms in total. The van der Waals surface area contributed by atoms with Crippen LogP contribution in [-0.4, -0.2) is 10.7 Å². The van der Waals surface area contributed by atoms with Gasteiger partial charge in [0.15, 0.2) is 0 Å². The topological polar surface area (TPSA) is 66.6 Å². The average Bonchev–Trinajstić information content (AvgIpc) is 2.19. The van der Waals surface area contributed by atoms with Gasteiger partial charge >= 0.3 is 0 Å². The summed E-state index contributed by atoms with van der Waals surface area (Å²) in [6.07, 6.45) is 0.555. The number of nitrogens with two attached hydrogens (primary N) is 1. The number of nitrogens with zero attached hydrogens (tertiary/aromatic N) is 1. The zero-order chi connectivity index (χ0) is 10.6. The third-order valence-corrected chi connectivity index (χ3v) is 3.32. The van der Waals surface area contributed by atoms with E-state index in [9.17, 15) is 4.57 Å². The van der Waals surface area contributed by atoms with Crippen LogP contribution >= 0.6 is 8.03 Å². The summed E-state index contributed by atoms with van der Waals surface area (Å²) in [5.41, 5.74) is 0.756. The van der Waals surface area contributed by atoms with Crippen molar-refractivity contribution >= 4 is 13.7 Å². The number of para-hydroxylation sites is 1. The highest BCUT2D eigenvalue weighted by atomic mass is 31.1. The van der Waals surface area contributed by atoms with Crippen LogP contribution < -0.4 is 10.9 Å². The minimum absolute atomic E-state index is 0.484. The van der Waals surface area contributed by atoms with Gasteiger partial charge in [0.1, 0.15) is 5.78 Å². The zero-order valence-corrected chi connectivity index (χ0v) is 9.05. The molecule has 0 amide bonds. The Morgan fingerprint density at radius 1 is 1.50 bits per heavy atom. The van der Waals surface area contributed by atoms with Gasteiger partial charge in [0, 0.05) is 0 Å². The quantitative estimate of drug-likeness (QED) is 0.453. The van der Waals surface area contributed by atoms with Crippen molar-refractivity contribution in [3.63, 3.8) is 0 Å². The molecule has 1 rings (SSSR count). The molecule has 0 aliphatic heterocycles. The number of hydrogen-bond donors (Lipinski definition) is 2. The van der Waals surface area contributed by atoms with Gasteiger partial charge in [-0.05, 0) is 18.6 Å². The van der Waals surface area contributed by atoms with Crippen LogP contribution in [0.15, 0.2) is 30.3 Å². The average molecular weight is 214 g/mol. The molecular formula is C9H15N2O2P. The van der Waals surface area contributed by atoms with Crippen molar-refractivity contribution in [1.82, 2.24) is 0 Å². The summed E-state index contributed by atoms with van der Waals surface area (Å²) in [6.45, 7) is 1.84. The molecule has 14 heavy (non-hydrogen) atoms. The largest absolute Gasteiger partial charge is 0.345 e. The van der Waals surface area contributed by atoms with Gasteiger partial charge in [-0.15, -0.1) is 0 Å². The lowest BCUT2D eigenvalue weighted by Gasteiger charge is -2.25. The maximum Gasteiger partial charge on any atom is 0.212 e. The fourth-order valence-corrected chi connectivity index (χ4v) is 2.01. The van der Waals surface area contributed by atoms with Crippen LogP contribution in [0.2, 0.25) is 0 Å². The second-order valence-electron chi connectivity index (χ2n) is 3.01. The summed E-state index contributed by atoms with van der Waals surface area (Å²) in [4.78, 5) is 9.07. The molecule has 0 saturated heterocycles. The number of hydrazine groups is 1. The van der Waals surface area contributed by atoms with Crippen LogP contribution in [0.3, 0.4) is 0 Å². The van der Waals surface area contributed by atoms with E-state index in [4.69, 9.17) is 10.7 Å². The molecule has 0 fully saturated rings. The summed E-state index contributed by atoms with van der Waals surface area (Å²) in [6, 6.07) is 9.19. The van der Waals surface area contributed by atoms with Gasteiger partial charge in [-0.3, -0.25) is 9.57 Å². The van der Waals surface area contributed by atoms with E-state index < -0.39 is 13.8 Å². The third kappa shape index (κ3) is 2.58. The van der Waals surface area contributed by atoms with Crippen molar-refractivity contribution in [2.75, 3.05) is 5.01 Å². The van der Waals surface area contributed by atoms with Gasteiger partial charge in [-0.2, -0.15) is 0 Å². The second kappa shape index (κ2) is 5.15. The lowest BCUT2D eigenvalue weighted by atomic mass is 10.3.